The van der Waals surface area contributed by atoms with Gasteiger partial charge in [0.15, 0.2) is 0 Å². The van der Waals surface area contributed by atoms with Crippen molar-refractivity contribution in [3.63, 3.8) is 0 Å². The third kappa shape index (κ3) is 3.51. The first-order chi connectivity index (χ1) is 12.5. The summed E-state index contributed by atoms with van der Waals surface area (Å²) in [5.74, 6) is 1.79. The lowest BCUT2D eigenvalue weighted by Crippen LogP contribution is -2.40. The van der Waals surface area contributed by atoms with E-state index < -0.39 is 0 Å². The SMILES string of the molecule is CCC(C)C(c1ccc(OC#N)cc1)(c1ccc(OC#N)cc1)C(C)C. The smallest absolute Gasteiger partial charge is 0.292 e. The zero-order valence-corrected chi connectivity index (χ0v) is 15.7. The van der Waals surface area contributed by atoms with Crippen LogP contribution in [0.25, 0.3) is 0 Å². The van der Waals surface area contributed by atoms with Crippen LogP contribution in [0.1, 0.15) is 45.2 Å². The minimum absolute atomic E-state index is 0.203. The highest BCUT2D eigenvalue weighted by Crippen LogP contribution is 2.47. The van der Waals surface area contributed by atoms with Crippen molar-refractivity contribution in [2.75, 3.05) is 0 Å². The highest BCUT2D eigenvalue weighted by Gasteiger charge is 2.41. The third-order valence-corrected chi connectivity index (χ3v) is 5.29. The van der Waals surface area contributed by atoms with Crippen molar-refractivity contribution in [1.82, 2.24) is 0 Å². The molecule has 134 valence electrons. The molecular formula is C22H24N2O2. The molecule has 0 aliphatic carbocycles. The minimum atomic E-state index is -0.203. The summed E-state index contributed by atoms with van der Waals surface area (Å²) in [4.78, 5) is 0. The molecule has 4 heteroatoms. The quantitative estimate of drug-likeness (QED) is 0.629. The largest absolute Gasteiger partial charge is 0.388 e. The molecule has 0 spiro atoms. The number of hydrogen-bond donors (Lipinski definition) is 0. The fourth-order valence-corrected chi connectivity index (χ4v) is 4.00. The van der Waals surface area contributed by atoms with Crippen LogP contribution in [0.5, 0.6) is 11.5 Å². The molecule has 0 aliphatic rings. The van der Waals surface area contributed by atoms with E-state index in [1.54, 1.807) is 12.5 Å². The lowest BCUT2D eigenvalue weighted by Gasteiger charge is -2.44. The number of nitriles is 2. The Morgan fingerprint density at radius 3 is 1.46 bits per heavy atom. The lowest BCUT2D eigenvalue weighted by atomic mass is 9.59. The Morgan fingerprint density at radius 2 is 1.19 bits per heavy atom. The Bertz CT molecular complexity index is 737. The van der Waals surface area contributed by atoms with E-state index in [1.165, 1.54) is 11.1 Å². The molecule has 2 aromatic rings. The zero-order chi connectivity index (χ0) is 19.2. The predicted molar refractivity (Wildman–Crippen MR) is 100 cm³/mol. The van der Waals surface area contributed by atoms with Gasteiger partial charge in [-0.2, -0.15) is 0 Å². The Hall–Kier alpha value is -2.98. The summed E-state index contributed by atoms with van der Waals surface area (Å²) in [6, 6.07) is 15.5. The second kappa shape index (κ2) is 8.41. The van der Waals surface area contributed by atoms with E-state index >= 15 is 0 Å². The highest BCUT2D eigenvalue weighted by molar-refractivity contribution is 5.45. The van der Waals surface area contributed by atoms with Gasteiger partial charge in [-0.3, -0.25) is 0 Å². The van der Waals surface area contributed by atoms with Gasteiger partial charge in [0.1, 0.15) is 11.5 Å². The highest BCUT2D eigenvalue weighted by atomic mass is 16.5. The van der Waals surface area contributed by atoms with Gasteiger partial charge in [-0.25, -0.2) is 0 Å². The molecule has 1 unspecified atom stereocenters. The van der Waals surface area contributed by atoms with E-state index in [4.69, 9.17) is 20.0 Å². The summed E-state index contributed by atoms with van der Waals surface area (Å²) in [6.07, 6.45) is 4.44. The lowest BCUT2D eigenvalue weighted by molar-refractivity contribution is 0.249. The van der Waals surface area contributed by atoms with Gasteiger partial charge < -0.3 is 9.47 Å². The van der Waals surface area contributed by atoms with Gasteiger partial charge in [0.2, 0.25) is 0 Å². The zero-order valence-electron chi connectivity index (χ0n) is 15.7. The Balaban J connectivity index is 2.62. The first-order valence-corrected chi connectivity index (χ1v) is 8.83. The molecule has 4 nitrogen and oxygen atoms in total. The Morgan fingerprint density at radius 1 is 0.808 bits per heavy atom. The van der Waals surface area contributed by atoms with Crippen molar-refractivity contribution in [3.05, 3.63) is 59.7 Å². The molecule has 0 saturated heterocycles. The van der Waals surface area contributed by atoms with Crippen LogP contribution < -0.4 is 9.47 Å². The molecule has 0 aromatic heterocycles. The Kier molecular flexibility index (Phi) is 6.26. The maximum Gasteiger partial charge on any atom is 0.292 e. The molecule has 0 N–H and O–H groups in total. The first-order valence-electron chi connectivity index (χ1n) is 8.83. The monoisotopic (exact) mass is 348 g/mol. The fourth-order valence-electron chi connectivity index (χ4n) is 4.00. The summed E-state index contributed by atoms with van der Waals surface area (Å²) >= 11 is 0. The van der Waals surface area contributed by atoms with Crippen molar-refractivity contribution >= 4 is 0 Å². The summed E-state index contributed by atoms with van der Waals surface area (Å²) < 4.78 is 9.86. The molecule has 0 amide bonds. The van der Waals surface area contributed by atoms with Gasteiger partial charge in [-0.15, -0.1) is 10.5 Å². The van der Waals surface area contributed by atoms with Crippen LogP contribution in [0.15, 0.2) is 48.5 Å². The van der Waals surface area contributed by atoms with E-state index in [1.807, 2.05) is 48.5 Å². The summed E-state index contributed by atoms with van der Waals surface area (Å²) in [7, 11) is 0. The number of hydrogen-bond acceptors (Lipinski definition) is 4. The van der Waals surface area contributed by atoms with Gasteiger partial charge in [0.05, 0.1) is 0 Å². The molecule has 26 heavy (non-hydrogen) atoms. The van der Waals surface area contributed by atoms with Crippen LogP contribution in [-0.4, -0.2) is 0 Å². The van der Waals surface area contributed by atoms with Crippen molar-refractivity contribution in [3.8, 4) is 24.0 Å². The maximum absolute atomic E-state index is 8.70. The second-order valence-corrected chi connectivity index (χ2v) is 6.77. The standard InChI is InChI=1S/C22H24N2O2/c1-5-17(4)22(16(2)3,18-6-10-20(11-7-18)25-14-23)19-8-12-21(13-9-19)26-15-24/h6-13,16-17H,5H2,1-4H3. The molecule has 0 radical (unpaired) electrons. The topological polar surface area (TPSA) is 66.0 Å². The summed E-state index contributed by atoms with van der Waals surface area (Å²) in [5.41, 5.74) is 2.16. The van der Waals surface area contributed by atoms with Crippen LogP contribution in [0.3, 0.4) is 0 Å². The van der Waals surface area contributed by atoms with Crippen molar-refractivity contribution < 1.29 is 9.47 Å². The second-order valence-electron chi connectivity index (χ2n) is 6.77. The van der Waals surface area contributed by atoms with E-state index in [-0.39, 0.29) is 5.41 Å². The van der Waals surface area contributed by atoms with Gasteiger partial charge in [0, 0.05) is 5.41 Å². The first kappa shape index (κ1) is 19.3. The molecular weight excluding hydrogens is 324 g/mol. The van der Waals surface area contributed by atoms with Crippen molar-refractivity contribution in [2.24, 2.45) is 11.8 Å². The number of nitrogens with zero attached hydrogens (tertiary/aromatic N) is 2. The van der Waals surface area contributed by atoms with E-state index in [2.05, 4.69) is 27.7 Å². The number of rotatable bonds is 7. The Labute approximate surface area is 155 Å². The molecule has 0 heterocycles. The molecule has 0 saturated carbocycles. The molecule has 0 aliphatic heterocycles. The minimum Gasteiger partial charge on any atom is -0.388 e. The summed E-state index contributed by atoms with van der Waals surface area (Å²) in [5, 5.41) is 17.4. The van der Waals surface area contributed by atoms with Gasteiger partial charge in [0.25, 0.3) is 12.5 Å². The molecule has 1 atom stereocenters. The summed E-state index contributed by atoms with van der Waals surface area (Å²) in [6.45, 7) is 8.92. The maximum atomic E-state index is 8.70. The molecule has 2 rings (SSSR count). The fraction of sp³-hybridized carbons (Fsp3) is 0.364. The van der Waals surface area contributed by atoms with Crippen LogP contribution in [0, 0.1) is 34.9 Å². The van der Waals surface area contributed by atoms with Crippen molar-refractivity contribution in [1.29, 1.82) is 10.5 Å². The van der Waals surface area contributed by atoms with Crippen LogP contribution in [-0.2, 0) is 5.41 Å². The molecule has 0 bridgehead atoms. The van der Waals surface area contributed by atoms with Crippen LogP contribution in [0.2, 0.25) is 0 Å². The number of benzene rings is 2. The van der Waals surface area contributed by atoms with Gasteiger partial charge >= 0.3 is 0 Å². The average molecular weight is 348 g/mol. The van der Waals surface area contributed by atoms with E-state index in [0.29, 0.717) is 23.3 Å². The van der Waals surface area contributed by atoms with Gasteiger partial charge in [-0.05, 0) is 47.2 Å². The predicted octanol–water partition coefficient (Wildman–Crippen LogP) is 5.39. The van der Waals surface area contributed by atoms with E-state index in [0.717, 1.165) is 6.42 Å². The van der Waals surface area contributed by atoms with E-state index in [9.17, 15) is 0 Å². The van der Waals surface area contributed by atoms with Crippen LogP contribution >= 0.6 is 0 Å². The third-order valence-electron chi connectivity index (χ3n) is 5.29. The number of ether oxygens (including phenoxy) is 2. The van der Waals surface area contributed by atoms with Crippen molar-refractivity contribution in [2.45, 2.75) is 39.5 Å². The van der Waals surface area contributed by atoms with Crippen LogP contribution in [0.4, 0.5) is 0 Å². The normalized spacial score (nSPS) is 12.1. The van der Waals surface area contributed by atoms with Gasteiger partial charge in [-0.1, -0.05) is 58.4 Å². The average Bonchev–Trinajstić information content (AvgIpc) is 2.65. The molecule has 2 aromatic carbocycles. The molecule has 0 fully saturated rings.